The molecular formula is C9H15NO2S. The van der Waals surface area contributed by atoms with Crippen LogP contribution in [0.3, 0.4) is 0 Å². The van der Waals surface area contributed by atoms with Crippen LogP contribution in [0.4, 0.5) is 0 Å². The number of rotatable bonds is 1. The number of nitrogens with one attached hydrogen (secondary N) is 1. The first-order valence-corrected chi connectivity index (χ1v) is 5.35. The molecule has 1 atom stereocenters. The first kappa shape index (κ1) is 10.6. The Morgan fingerprint density at radius 3 is 2.54 bits per heavy atom. The SMILES string of the molecule is CC(C)(C)NC(=O)C1CSC(=O)C1. The molecule has 13 heavy (non-hydrogen) atoms. The summed E-state index contributed by atoms with van der Waals surface area (Å²) < 4.78 is 0. The molecule has 0 aliphatic carbocycles. The third kappa shape index (κ3) is 3.38. The summed E-state index contributed by atoms with van der Waals surface area (Å²) in [5, 5.41) is 3.01. The van der Waals surface area contributed by atoms with E-state index in [2.05, 4.69) is 5.32 Å². The van der Waals surface area contributed by atoms with Gasteiger partial charge in [0, 0.05) is 17.7 Å². The Morgan fingerprint density at radius 2 is 2.15 bits per heavy atom. The van der Waals surface area contributed by atoms with Gasteiger partial charge in [-0.15, -0.1) is 0 Å². The minimum Gasteiger partial charge on any atom is -0.351 e. The van der Waals surface area contributed by atoms with E-state index in [9.17, 15) is 9.59 Å². The summed E-state index contributed by atoms with van der Waals surface area (Å²) in [6, 6.07) is 0. The molecule has 1 heterocycles. The predicted octanol–water partition coefficient (Wildman–Crippen LogP) is 1.18. The average molecular weight is 201 g/mol. The van der Waals surface area contributed by atoms with Gasteiger partial charge in [-0.2, -0.15) is 0 Å². The summed E-state index contributed by atoms with van der Waals surface area (Å²) in [5.74, 6) is 0.531. The van der Waals surface area contributed by atoms with E-state index in [1.807, 2.05) is 20.8 Å². The van der Waals surface area contributed by atoms with E-state index in [0.29, 0.717) is 12.2 Å². The molecule has 1 aliphatic heterocycles. The van der Waals surface area contributed by atoms with Crippen molar-refractivity contribution in [3.05, 3.63) is 0 Å². The quantitative estimate of drug-likeness (QED) is 0.693. The summed E-state index contributed by atoms with van der Waals surface area (Å²) >= 11 is 1.26. The lowest BCUT2D eigenvalue weighted by molar-refractivity contribution is -0.127. The van der Waals surface area contributed by atoms with Gasteiger partial charge in [0.2, 0.25) is 5.91 Å². The van der Waals surface area contributed by atoms with Crippen LogP contribution in [-0.4, -0.2) is 22.3 Å². The summed E-state index contributed by atoms with van der Waals surface area (Å²) in [4.78, 5) is 22.4. The number of amides is 1. The minimum absolute atomic E-state index is 0.00542. The highest BCUT2D eigenvalue weighted by molar-refractivity contribution is 8.14. The van der Waals surface area contributed by atoms with Crippen LogP contribution in [0.5, 0.6) is 0 Å². The third-order valence-electron chi connectivity index (χ3n) is 1.73. The standard InChI is InChI=1S/C9H15NO2S/c1-9(2,3)10-8(12)6-4-7(11)13-5-6/h6H,4-5H2,1-3H3,(H,10,12). The summed E-state index contributed by atoms with van der Waals surface area (Å²) in [5.41, 5.74) is -0.201. The Balaban J connectivity index is 2.45. The van der Waals surface area contributed by atoms with Crippen molar-refractivity contribution in [2.24, 2.45) is 5.92 Å². The van der Waals surface area contributed by atoms with Gasteiger partial charge in [0.1, 0.15) is 0 Å². The highest BCUT2D eigenvalue weighted by Crippen LogP contribution is 2.25. The van der Waals surface area contributed by atoms with E-state index in [-0.39, 0.29) is 22.5 Å². The van der Waals surface area contributed by atoms with Crippen LogP contribution in [0, 0.1) is 5.92 Å². The van der Waals surface area contributed by atoms with Crippen LogP contribution in [0.25, 0.3) is 0 Å². The van der Waals surface area contributed by atoms with Gasteiger partial charge >= 0.3 is 0 Å². The van der Waals surface area contributed by atoms with E-state index >= 15 is 0 Å². The summed E-state index contributed by atoms with van der Waals surface area (Å²) in [6.45, 7) is 5.82. The maximum atomic E-state index is 11.5. The highest BCUT2D eigenvalue weighted by atomic mass is 32.2. The fourth-order valence-corrected chi connectivity index (χ4v) is 2.13. The van der Waals surface area contributed by atoms with Gasteiger partial charge in [-0.25, -0.2) is 0 Å². The van der Waals surface area contributed by atoms with Crippen molar-refractivity contribution in [2.75, 3.05) is 5.75 Å². The molecule has 0 radical (unpaired) electrons. The summed E-state index contributed by atoms with van der Waals surface area (Å²) in [6.07, 6.45) is 0.395. The predicted molar refractivity (Wildman–Crippen MR) is 53.5 cm³/mol. The van der Waals surface area contributed by atoms with Crippen molar-refractivity contribution in [3.8, 4) is 0 Å². The zero-order valence-corrected chi connectivity index (χ0v) is 9.03. The van der Waals surface area contributed by atoms with E-state index in [1.54, 1.807) is 0 Å². The van der Waals surface area contributed by atoms with Crippen molar-refractivity contribution < 1.29 is 9.59 Å². The van der Waals surface area contributed by atoms with Crippen molar-refractivity contribution in [1.82, 2.24) is 5.32 Å². The summed E-state index contributed by atoms with van der Waals surface area (Å²) in [7, 11) is 0. The molecule has 1 unspecified atom stereocenters. The largest absolute Gasteiger partial charge is 0.351 e. The molecule has 4 heteroatoms. The Morgan fingerprint density at radius 1 is 1.54 bits per heavy atom. The number of carbonyl (C=O) groups excluding carboxylic acids is 2. The molecule has 1 saturated heterocycles. The topological polar surface area (TPSA) is 46.2 Å². The number of carbonyl (C=O) groups is 2. The van der Waals surface area contributed by atoms with Crippen molar-refractivity contribution in [1.29, 1.82) is 0 Å². The van der Waals surface area contributed by atoms with E-state index in [4.69, 9.17) is 0 Å². The molecular weight excluding hydrogens is 186 g/mol. The van der Waals surface area contributed by atoms with Crippen LogP contribution in [0.2, 0.25) is 0 Å². The lowest BCUT2D eigenvalue weighted by Gasteiger charge is -2.22. The van der Waals surface area contributed by atoms with Gasteiger partial charge in [-0.1, -0.05) is 11.8 Å². The Hall–Kier alpha value is -0.510. The zero-order valence-electron chi connectivity index (χ0n) is 8.22. The van der Waals surface area contributed by atoms with E-state index < -0.39 is 0 Å². The molecule has 0 bridgehead atoms. The molecule has 0 saturated carbocycles. The minimum atomic E-state index is -0.201. The van der Waals surface area contributed by atoms with Gasteiger partial charge in [0.05, 0.1) is 5.92 Å². The van der Waals surface area contributed by atoms with E-state index in [0.717, 1.165) is 0 Å². The Kier molecular flexibility index (Phi) is 3.01. The number of hydrogen-bond acceptors (Lipinski definition) is 3. The van der Waals surface area contributed by atoms with Crippen LogP contribution in [-0.2, 0) is 9.59 Å². The molecule has 0 aromatic carbocycles. The normalized spacial score (nSPS) is 23.3. The van der Waals surface area contributed by atoms with Gasteiger partial charge in [0.15, 0.2) is 5.12 Å². The fourth-order valence-electron chi connectivity index (χ4n) is 1.15. The lowest BCUT2D eigenvalue weighted by atomic mass is 10.0. The number of thioether (sulfide) groups is 1. The Bertz CT molecular complexity index is 232. The van der Waals surface area contributed by atoms with Crippen molar-refractivity contribution in [3.63, 3.8) is 0 Å². The molecule has 0 aromatic rings. The first-order valence-electron chi connectivity index (χ1n) is 4.36. The maximum Gasteiger partial charge on any atom is 0.224 e. The molecule has 0 aromatic heterocycles. The molecule has 1 rings (SSSR count). The maximum absolute atomic E-state index is 11.5. The lowest BCUT2D eigenvalue weighted by Crippen LogP contribution is -2.43. The van der Waals surface area contributed by atoms with Crippen LogP contribution in [0.1, 0.15) is 27.2 Å². The monoisotopic (exact) mass is 201 g/mol. The first-order chi connectivity index (χ1) is 5.88. The van der Waals surface area contributed by atoms with Gasteiger partial charge in [-0.3, -0.25) is 9.59 Å². The third-order valence-corrected chi connectivity index (χ3v) is 2.79. The molecule has 1 aliphatic rings. The molecule has 0 spiro atoms. The second-order valence-electron chi connectivity index (χ2n) is 4.32. The zero-order chi connectivity index (χ0) is 10.1. The van der Waals surface area contributed by atoms with Crippen LogP contribution < -0.4 is 5.32 Å². The molecule has 1 N–H and O–H groups in total. The highest BCUT2D eigenvalue weighted by Gasteiger charge is 2.30. The molecule has 74 valence electrons. The Labute approximate surface area is 82.6 Å². The van der Waals surface area contributed by atoms with E-state index in [1.165, 1.54) is 11.8 Å². The molecule has 1 fully saturated rings. The smallest absolute Gasteiger partial charge is 0.224 e. The fraction of sp³-hybridized carbons (Fsp3) is 0.778. The van der Waals surface area contributed by atoms with Crippen molar-refractivity contribution >= 4 is 22.8 Å². The molecule has 1 amide bonds. The van der Waals surface area contributed by atoms with Gasteiger partial charge in [0.25, 0.3) is 0 Å². The van der Waals surface area contributed by atoms with Crippen molar-refractivity contribution in [2.45, 2.75) is 32.7 Å². The van der Waals surface area contributed by atoms with Crippen LogP contribution in [0.15, 0.2) is 0 Å². The number of hydrogen-bond donors (Lipinski definition) is 1. The molecule has 3 nitrogen and oxygen atoms in total. The van der Waals surface area contributed by atoms with Gasteiger partial charge in [-0.05, 0) is 20.8 Å². The second kappa shape index (κ2) is 3.70. The average Bonchev–Trinajstić information content (AvgIpc) is 2.31. The second-order valence-corrected chi connectivity index (χ2v) is 5.40. The van der Waals surface area contributed by atoms with Crippen LogP contribution >= 0.6 is 11.8 Å². The van der Waals surface area contributed by atoms with Gasteiger partial charge < -0.3 is 5.32 Å².